The summed E-state index contributed by atoms with van der Waals surface area (Å²) in [6.07, 6.45) is 0. The molecule has 1 heterocycles. The summed E-state index contributed by atoms with van der Waals surface area (Å²) in [5, 5.41) is 0. The summed E-state index contributed by atoms with van der Waals surface area (Å²) in [6.45, 7) is 5.17. The fourth-order valence-corrected chi connectivity index (χ4v) is 1.95. The molecule has 0 saturated carbocycles. The van der Waals surface area contributed by atoms with Gasteiger partial charge in [-0.3, -0.25) is 4.90 Å². The Hall–Kier alpha value is -0.890. The van der Waals surface area contributed by atoms with Gasteiger partial charge in [-0.2, -0.15) is 0 Å². The number of fused-ring (bicyclic) bond motifs is 1. The SMILES string of the molecule is CN1Cc2cc(F)ccc2C1(C)C. The predicted molar refractivity (Wildman–Crippen MR) is 50.9 cm³/mol. The normalized spacial score (nSPS) is 20.3. The maximum absolute atomic E-state index is 12.9. The molecule has 0 aromatic heterocycles. The first-order chi connectivity index (χ1) is 6.01. The molecule has 1 aromatic carbocycles. The molecule has 0 saturated heterocycles. The summed E-state index contributed by atoms with van der Waals surface area (Å²) in [6, 6.07) is 5.08. The Balaban J connectivity index is 2.55. The molecule has 0 bridgehead atoms. The topological polar surface area (TPSA) is 3.24 Å². The molecule has 1 nitrogen and oxygen atoms in total. The Bertz CT molecular complexity index is 344. The predicted octanol–water partition coefficient (Wildman–Crippen LogP) is 2.51. The van der Waals surface area contributed by atoms with Gasteiger partial charge in [0.05, 0.1) is 0 Å². The number of hydrogen-bond donors (Lipinski definition) is 0. The minimum Gasteiger partial charge on any atom is -0.293 e. The van der Waals surface area contributed by atoms with Gasteiger partial charge in [0, 0.05) is 12.1 Å². The van der Waals surface area contributed by atoms with Crippen molar-refractivity contribution in [1.29, 1.82) is 0 Å². The first-order valence-electron chi connectivity index (χ1n) is 4.52. The summed E-state index contributed by atoms with van der Waals surface area (Å²) in [4.78, 5) is 2.23. The van der Waals surface area contributed by atoms with Crippen LogP contribution in [0.5, 0.6) is 0 Å². The molecule has 0 aliphatic carbocycles. The van der Waals surface area contributed by atoms with E-state index >= 15 is 0 Å². The lowest BCUT2D eigenvalue weighted by atomic mass is 9.94. The molecule has 1 aliphatic rings. The van der Waals surface area contributed by atoms with Gasteiger partial charge >= 0.3 is 0 Å². The van der Waals surface area contributed by atoms with Crippen LogP contribution in [-0.4, -0.2) is 11.9 Å². The van der Waals surface area contributed by atoms with Crippen molar-refractivity contribution in [1.82, 2.24) is 4.90 Å². The van der Waals surface area contributed by atoms with E-state index in [1.54, 1.807) is 12.1 Å². The molecular formula is C11H14FN. The highest BCUT2D eigenvalue weighted by Gasteiger charge is 2.34. The molecule has 2 rings (SSSR count). The fraction of sp³-hybridized carbons (Fsp3) is 0.455. The Morgan fingerprint density at radius 3 is 2.77 bits per heavy atom. The van der Waals surface area contributed by atoms with Gasteiger partial charge in [0.2, 0.25) is 0 Å². The van der Waals surface area contributed by atoms with E-state index in [4.69, 9.17) is 0 Å². The Kier molecular flexibility index (Phi) is 1.70. The number of nitrogens with zero attached hydrogens (tertiary/aromatic N) is 1. The van der Waals surface area contributed by atoms with E-state index in [0.717, 1.165) is 12.1 Å². The third kappa shape index (κ3) is 1.17. The van der Waals surface area contributed by atoms with Crippen molar-refractivity contribution in [3.63, 3.8) is 0 Å². The van der Waals surface area contributed by atoms with Crippen LogP contribution < -0.4 is 0 Å². The molecular weight excluding hydrogens is 165 g/mol. The Labute approximate surface area is 78.2 Å². The van der Waals surface area contributed by atoms with Crippen LogP contribution in [0.2, 0.25) is 0 Å². The van der Waals surface area contributed by atoms with E-state index in [2.05, 4.69) is 25.8 Å². The van der Waals surface area contributed by atoms with Crippen LogP contribution in [0, 0.1) is 5.82 Å². The maximum Gasteiger partial charge on any atom is 0.123 e. The summed E-state index contributed by atoms with van der Waals surface area (Å²) in [5.74, 6) is -0.134. The molecule has 0 radical (unpaired) electrons. The van der Waals surface area contributed by atoms with Gasteiger partial charge in [0.15, 0.2) is 0 Å². The highest BCUT2D eigenvalue weighted by molar-refractivity contribution is 5.37. The van der Waals surface area contributed by atoms with Crippen molar-refractivity contribution in [2.24, 2.45) is 0 Å². The lowest BCUT2D eigenvalue weighted by Gasteiger charge is -2.28. The quantitative estimate of drug-likeness (QED) is 0.591. The number of rotatable bonds is 0. The van der Waals surface area contributed by atoms with Crippen LogP contribution in [0.15, 0.2) is 18.2 Å². The Morgan fingerprint density at radius 2 is 2.08 bits per heavy atom. The van der Waals surface area contributed by atoms with Gasteiger partial charge in [-0.15, -0.1) is 0 Å². The average Bonchev–Trinajstić information content (AvgIpc) is 2.23. The van der Waals surface area contributed by atoms with E-state index in [1.165, 1.54) is 5.56 Å². The zero-order valence-corrected chi connectivity index (χ0v) is 8.26. The minimum atomic E-state index is -0.134. The zero-order chi connectivity index (χ0) is 9.64. The highest BCUT2D eigenvalue weighted by Crippen LogP contribution is 2.37. The third-order valence-corrected chi connectivity index (χ3v) is 3.09. The van der Waals surface area contributed by atoms with E-state index < -0.39 is 0 Å². The molecule has 0 unspecified atom stereocenters. The average molecular weight is 179 g/mol. The second kappa shape index (κ2) is 2.55. The fourth-order valence-electron chi connectivity index (χ4n) is 1.95. The van der Waals surface area contributed by atoms with E-state index in [0.29, 0.717) is 0 Å². The summed E-state index contributed by atoms with van der Waals surface area (Å²) >= 11 is 0. The molecule has 1 aromatic rings. The monoisotopic (exact) mass is 179 g/mol. The lowest BCUT2D eigenvalue weighted by Crippen LogP contribution is -2.31. The minimum absolute atomic E-state index is 0.0447. The van der Waals surface area contributed by atoms with Crippen LogP contribution in [0.3, 0.4) is 0 Å². The molecule has 0 amide bonds. The molecule has 70 valence electrons. The summed E-state index contributed by atoms with van der Waals surface area (Å²) < 4.78 is 12.9. The maximum atomic E-state index is 12.9. The number of benzene rings is 1. The standard InChI is InChI=1S/C11H14FN/c1-11(2)10-5-4-9(12)6-8(10)7-13(11)3/h4-6H,7H2,1-3H3. The number of hydrogen-bond acceptors (Lipinski definition) is 1. The van der Waals surface area contributed by atoms with Crippen LogP contribution in [0.25, 0.3) is 0 Å². The Morgan fingerprint density at radius 1 is 1.38 bits per heavy atom. The van der Waals surface area contributed by atoms with E-state index in [-0.39, 0.29) is 11.4 Å². The molecule has 0 fully saturated rings. The van der Waals surface area contributed by atoms with Gasteiger partial charge in [0.1, 0.15) is 5.82 Å². The number of halogens is 1. The summed E-state index contributed by atoms with van der Waals surface area (Å²) in [5.41, 5.74) is 2.41. The van der Waals surface area contributed by atoms with Crippen molar-refractivity contribution in [2.75, 3.05) is 7.05 Å². The van der Waals surface area contributed by atoms with Crippen molar-refractivity contribution in [2.45, 2.75) is 25.9 Å². The smallest absolute Gasteiger partial charge is 0.123 e. The first-order valence-corrected chi connectivity index (χ1v) is 4.52. The van der Waals surface area contributed by atoms with Gasteiger partial charge < -0.3 is 0 Å². The lowest BCUT2D eigenvalue weighted by molar-refractivity contribution is 0.178. The second-order valence-electron chi connectivity index (χ2n) is 4.22. The van der Waals surface area contributed by atoms with Crippen molar-refractivity contribution >= 4 is 0 Å². The van der Waals surface area contributed by atoms with Crippen LogP contribution in [-0.2, 0) is 12.1 Å². The van der Waals surface area contributed by atoms with Crippen LogP contribution >= 0.6 is 0 Å². The van der Waals surface area contributed by atoms with Crippen molar-refractivity contribution < 1.29 is 4.39 Å². The molecule has 1 aliphatic heterocycles. The summed E-state index contributed by atoms with van der Waals surface area (Å²) in [7, 11) is 2.07. The van der Waals surface area contributed by atoms with E-state index in [1.807, 2.05) is 6.07 Å². The van der Waals surface area contributed by atoms with Crippen molar-refractivity contribution in [3.05, 3.63) is 35.1 Å². The molecule has 2 heteroatoms. The first kappa shape index (κ1) is 8.70. The van der Waals surface area contributed by atoms with Crippen molar-refractivity contribution in [3.8, 4) is 0 Å². The molecule has 13 heavy (non-hydrogen) atoms. The highest BCUT2D eigenvalue weighted by atomic mass is 19.1. The van der Waals surface area contributed by atoms with Crippen LogP contribution in [0.4, 0.5) is 4.39 Å². The van der Waals surface area contributed by atoms with Gasteiger partial charge in [-0.05, 0) is 44.2 Å². The van der Waals surface area contributed by atoms with Gasteiger partial charge in [-0.1, -0.05) is 6.07 Å². The zero-order valence-electron chi connectivity index (χ0n) is 8.26. The third-order valence-electron chi connectivity index (χ3n) is 3.09. The van der Waals surface area contributed by atoms with Crippen LogP contribution in [0.1, 0.15) is 25.0 Å². The molecule has 0 atom stereocenters. The largest absolute Gasteiger partial charge is 0.293 e. The molecule has 0 spiro atoms. The molecule has 0 N–H and O–H groups in total. The second-order valence-corrected chi connectivity index (χ2v) is 4.22. The van der Waals surface area contributed by atoms with Gasteiger partial charge in [0.25, 0.3) is 0 Å². The van der Waals surface area contributed by atoms with E-state index in [9.17, 15) is 4.39 Å². The van der Waals surface area contributed by atoms with Gasteiger partial charge in [-0.25, -0.2) is 4.39 Å².